The molecule has 0 unspecified atom stereocenters. The molecule has 2 aromatic rings. The summed E-state index contributed by atoms with van der Waals surface area (Å²) < 4.78 is 11.5. The molecule has 0 aromatic heterocycles. The summed E-state index contributed by atoms with van der Waals surface area (Å²) in [6, 6.07) is 14.1. The average Bonchev–Trinajstić information content (AvgIpc) is 2.77. The van der Waals surface area contributed by atoms with Gasteiger partial charge >= 0.3 is 0 Å². The van der Waals surface area contributed by atoms with Crippen LogP contribution in [-0.4, -0.2) is 57.4 Å². The summed E-state index contributed by atoms with van der Waals surface area (Å²) in [6.07, 6.45) is -4.87. The van der Waals surface area contributed by atoms with Crippen LogP contribution in [0, 0.1) is 0 Å². The van der Waals surface area contributed by atoms with Crippen LogP contribution in [-0.2, 0) is 11.2 Å². The van der Waals surface area contributed by atoms with Gasteiger partial charge in [0.2, 0.25) is 0 Å². The van der Waals surface area contributed by atoms with Gasteiger partial charge in [-0.15, -0.1) is 11.8 Å². The summed E-state index contributed by atoms with van der Waals surface area (Å²) in [5.74, 6) is 1.33. The van der Waals surface area contributed by atoms with Gasteiger partial charge in [-0.25, -0.2) is 0 Å². The van der Waals surface area contributed by atoms with Crippen molar-refractivity contribution < 1.29 is 29.9 Å². The molecule has 6 atom stereocenters. The predicted octanol–water partition coefficient (Wildman–Crippen LogP) is 1.94. The zero-order valence-electron chi connectivity index (χ0n) is 16.1. The van der Waals surface area contributed by atoms with E-state index in [-0.39, 0.29) is 5.25 Å². The highest BCUT2D eigenvalue weighted by Crippen LogP contribution is 2.46. The second-order valence-electron chi connectivity index (χ2n) is 7.45. The lowest BCUT2D eigenvalue weighted by molar-refractivity contribution is -0.231. The number of rotatable bonds is 4. The highest BCUT2D eigenvalue weighted by Gasteiger charge is 2.44. The van der Waals surface area contributed by atoms with Gasteiger partial charge in [-0.1, -0.05) is 37.3 Å². The fraction of sp³-hybridized carbons (Fsp3) is 0.455. The van der Waals surface area contributed by atoms with Gasteiger partial charge in [0.15, 0.2) is 0 Å². The smallest absolute Gasteiger partial charge is 0.135 e. The molecule has 2 aromatic carbocycles. The van der Waals surface area contributed by atoms with E-state index in [2.05, 4.69) is 31.2 Å². The minimum absolute atomic E-state index is 0.0782. The lowest BCUT2D eigenvalue weighted by atomic mass is 9.89. The molecule has 0 amide bonds. The number of aliphatic hydroxyl groups excluding tert-OH is 4. The molecule has 0 radical (unpaired) electrons. The molecule has 156 valence electrons. The molecule has 0 aliphatic carbocycles. The Morgan fingerprint density at radius 1 is 0.966 bits per heavy atom. The summed E-state index contributed by atoms with van der Waals surface area (Å²) in [7, 11) is 0. The minimum Gasteiger partial charge on any atom is -0.483 e. The lowest BCUT2D eigenvalue weighted by Gasteiger charge is -2.40. The second kappa shape index (κ2) is 8.63. The van der Waals surface area contributed by atoms with Gasteiger partial charge in [0.1, 0.15) is 42.2 Å². The molecule has 2 heterocycles. The fourth-order valence-corrected chi connectivity index (χ4v) is 4.96. The second-order valence-corrected chi connectivity index (χ2v) is 8.49. The van der Waals surface area contributed by atoms with Crippen molar-refractivity contribution in [3.8, 4) is 5.75 Å². The van der Waals surface area contributed by atoms with Crippen molar-refractivity contribution in [3.05, 3.63) is 64.7 Å². The Morgan fingerprint density at radius 2 is 1.69 bits per heavy atom. The molecular formula is C22H26O6S. The standard InChI is InChI=1S/C22H26O6S/c1-2-12-3-5-13(6-4-12)22-15-9-14(7-8-16(15)27-11-29-22)21-20(26)19(25)18(24)17(10-23)28-21/h3-9,17-26H,2,10-11H2,1H3/t17-,18-,19+,20-,21+,22+/m1/s1. The summed E-state index contributed by atoms with van der Waals surface area (Å²) >= 11 is 1.68. The highest BCUT2D eigenvalue weighted by molar-refractivity contribution is 7.99. The van der Waals surface area contributed by atoms with Gasteiger partial charge < -0.3 is 29.9 Å². The number of hydrogen-bond donors (Lipinski definition) is 4. The minimum atomic E-state index is -1.40. The SMILES string of the molecule is CCc1ccc([C@@H]2SCOc3ccc([C@@H]4O[C@H](CO)[C@@H](O)[C@H](O)[C@H]4O)cc32)cc1. The Kier molecular flexibility index (Phi) is 6.15. The number of benzene rings is 2. The van der Waals surface area contributed by atoms with E-state index in [0.717, 1.165) is 17.7 Å². The van der Waals surface area contributed by atoms with Crippen LogP contribution in [0.25, 0.3) is 0 Å². The molecule has 2 aliphatic heterocycles. The van der Waals surface area contributed by atoms with Crippen molar-refractivity contribution in [1.82, 2.24) is 0 Å². The van der Waals surface area contributed by atoms with Crippen LogP contribution in [0.3, 0.4) is 0 Å². The average molecular weight is 419 g/mol. The summed E-state index contributed by atoms with van der Waals surface area (Å²) in [6.45, 7) is 1.68. The van der Waals surface area contributed by atoms with Crippen LogP contribution in [0.2, 0.25) is 0 Å². The molecule has 4 rings (SSSR count). The fourth-order valence-electron chi connectivity index (χ4n) is 3.92. The molecule has 0 saturated carbocycles. The quantitative estimate of drug-likeness (QED) is 0.602. The van der Waals surface area contributed by atoms with Gasteiger partial charge in [0, 0.05) is 5.56 Å². The largest absolute Gasteiger partial charge is 0.483 e. The molecular weight excluding hydrogens is 392 g/mol. The molecule has 1 saturated heterocycles. The van der Waals surface area contributed by atoms with Crippen LogP contribution >= 0.6 is 11.8 Å². The first kappa shape index (κ1) is 20.7. The maximum absolute atomic E-state index is 10.5. The van der Waals surface area contributed by atoms with Crippen molar-refractivity contribution >= 4 is 11.8 Å². The van der Waals surface area contributed by atoms with Crippen LogP contribution in [0.1, 0.15) is 40.5 Å². The number of aliphatic hydroxyl groups is 4. The lowest BCUT2D eigenvalue weighted by Crippen LogP contribution is -2.55. The Labute approximate surface area is 174 Å². The normalized spacial score (nSPS) is 31.8. The Balaban J connectivity index is 1.67. The molecule has 1 fully saturated rings. The molecule has 4 N–H and O–H groups in total. The van der Waals surface area contributed by atoms with Crippen molar-refractivity contribution in [2.24, 2.45) is 0 Å². The van der Waals surface area contributed by atoms with Crippen LogP contribution < -0.4 is 4.74 Å². The summed E-state index contributed by atoms with van der Waals surface area (Å²) in [5, 5.41) is 40.2. The number of hydrogen-bond acceptors (Lipinski definition) is 7. The monoisotopic (exact) mass is 418 g/mol. The number of ether oxygens (including phenoxy) is 2. The van der Waals surface area contributed by atoms with Gasteiger partial charge in [-0.3, -0.25) is 0 Å². The Morgan fingerprint density at radius 3 is 2.38 bits per heavy atom. The predicted molar refractivity (Wildman–Crippen MR) is 110 cm³/mol. The number of fused-ring (bicyclic) bond motifs is 1. The van der Waals surface area contributed by atoms with Crippen LogP contribution in [0.4, 0.5) is 0 Å². The van der Waals surface area contributed by atoms with E-state index in [9.17, 15) is 20.4 Å². The highest BCUT2D eigenvalue weighted by atomic mass is 32.2. The van der Waals surface area contributed by atoms with E-state index in [0.29, 0.717) is 11.5 Å². The van der Waals surface area contributed by atoms with E-state index < -0.39 is 37.1 Å². The third kappa shape index (κ3) is 3.91. The molecule has 29 heavy (non-hydrogen) atoms. The zero-order valence-corrected chi connectivity index (χ0v) is 17.0. The van der Waals surface area contributed by atoms with Crippen LogP contribution in [0.5, 0.6) is 5.75 Å². The van der Waals surface area contributed by atoms with E-state index in [1.54, 1.807) is 17.8 Å². The number of aryl methyl sites for hydroxylation is 1. The maximum Gasteiger partial charge on any atom is 0.135 e. The van der Waals surface area contributed by atoms with E-state index in [1.165, 1.54) is 11.1 Å². The molecule has 0 bridgehead atoms. The van der Waals surface area contributed by atoms with Crippen molar-refractivity contribution in [2.75, 3.05) is 12.5 Å². The third-order valence-electron chi connectivity index (χ3n) is 5.68. The Bertz CT molecular complexity index is 840. The van der Waals surface area contributed by atoms with Crippen molar-refractivity contribution in [2.45, 2.75) is 49.1 Å². The van der Waals surface area contributed by atoms with Gasteiger partial charge in [0.25, 0.3) is 0 Å². The maximum atomic E-state index is 10.5. The Hall–Kier alpha value is -1.61. The van der Waals surface area contributed by atoms with Crippen molar-refractivity contribution in [1.29, 1.82) is 0 Å². The molecule has 6 nitrogen and oxygen atoms in total. The molecule has 7 heteroatoms. The van der Waals surface area contributed by atoms with Crippen molar-refractivity contribution in [3.63, 3.8) is 0 Å². The first-order chi connectivity index (χ1) is 14.0. The first-order valence-corrected chi connectivity index (χ1v) is 10.9. The van der Waals surface area contributed by atoms with Gasteiger partial charge in [-0.2, -0.15) is 0 Å². The van der Waals surface area contributed by atoms with E-state index in [1.807, 2.05) is 12.1 Å². The molecule has 0 spiro atoms. The summed E-state index contributed by atoms with van der Waals surface area (Å²) in [5.41, 5.74) is 4.09. The number of thioether (sulfide) groups is 1. The topological polar surface area (TPSA) is 99.4 Å². The van der Waals surface area contributed by atoms with Crippen LogP contribution in [0.15, 0.2) is 42.5 Å². The summed E-state index contributed by atoms with van der Waals surface area (Å²) in [4.78, 5) is 0. The van der Waals surface area contributed by atoms with Gasteiger partial charge in [0.05, 0.1) is 11.9 Å². The first-order valence-electron chi connectivity index (χ1n) is 9.81. The molecule has 2 aliphatic rings. The van der Waals surface area contributed by atoms with E-state index in [4.69, 9.17) is 9.47 Å². The van der Waals surface area contributed by atoms with E-state index >= 15 is 0 Å². The third-order valence-corrected chi connectivity index (χ3v) is 6.79. The van der Waals surface area contributed by atoms with Gasteiger partial charge in [-0.05, 0) is 35.2 Å². The zero-order chi connectivity index (χ0) is 20.5.